The summed E-state index contributed by atoms with van der Waals surface area (Å²) in [5.41, 5.74) is 6.89. The Morgan fingerprint density at radius 2 is 1.14 bits per heavy atom. The first-order valence-electron chi connectivity index (χ1n) is 14.9. The van der Waals surface area contributed by atoms with Crippen LogP contribution in [-0.2, 0) is 0 Å². The highest BCUT2D eigenvalue weighted by molar-refractivity contribution is 7.26. The third-order valence-electron chi connectivity index (χ3n) is 8.69. The highest BCUT2D eigenvalue weighted by Gasteiger charge is 2.19. The van der Waals surface area contributed by atoms with E-state index in [1.165, 1.54) is 58.2 Å². The van der Waals surface area contributed by atoms with Crippen molar-refractivity contribution in [2.24, 2.45) is 0 Å². The summed E-state index contributed by atoms with van der Waals surface area (Å²) in [5, 5.41) is 8.81. The lowest BCUT2D eigenvalue weighted by molar-refractivity contribution is 1.31. The van der Waals surface area contributed by atoms with Crippen LogP contribution in [0.4, 0.5) is 17.1 Å². The third-order valence-corrected chi connectivity index (χ3v) is 9.87. The number of anilines is 3. The van der Waals surface area contributed by atoms with Crippen molar-refractivity contribution in [2.75, 3.05) is 4.90 Å². The molecule has 0 amide bonds. The van der Waals surface area contributed by atoms with Crippen molar-refractivity contribution in [3.05, 3.63) is 158 Å². The zero-order valence-electron chi connectivity index (χ0n) is 23.8. The third kappa shape index (κ3) is 3.98. The molecule has 2 aromatic heterocycles. The second kappa shape index (κ2) is 10.0. The smallest absolute Gasteiger partial charge is 0.0889 e. The molecule has 0 spiro atoms. The maximum absolute atomic E-state index is 4.74. The fourth-order valence-corrected chi connectivity index (χ4v) is 7.76. The van der Waals surface area contributed by atoms with E-state index in [1.54, 1.807) is 0 Å². The van der Waals surface area contributed by atoms with Crippen LogP contribution in [0.25, 0.3) is 63.7 Å². The summed E-state index contributed by atoms with van der Waals surface area (Å²) in [6.07, 6.45) is 1.89. The highest BCUT2D eigenvalue weighted by atomic mass is 32.1. The number of hydrogen-bond donors (Lipinski definition) is 0. The molecule has 2 heterocycles. The van der Waals surface area contributed by atoms with Crippen LogP contribution in [0.1, 0.15) is 0 Å². The van der Waals surface area contributed by atoms with Crippen molar-refractivity contribution >= 4 is 81.0 Å². The van der Waals surface area contributed by atoms with E-state index >= 15 is 0 Å². The molecule has 9 rings (SSSR count). The van der Waals surface area contributed by atoms with Gasteiger partial charge in [-0.3, -0.25) is 4.98 Å². The molecule has 0 aliphatic rings. The Bertz CT molecular complexity index is 2490. The number of aromatic nitrogens is 1. The lowest BCUT2D eigenvalue weighted by Crippen LogP contribution is -2.10. The number of hydrogen-bond acceptors (Lipinski definition) is 3. The predicted molar refractivity (Wildman–Crippen MR) is 190 cm³/mol. The number of thiophene rings is 1. The second-order valence-corrected chi connectivity index (χ2v) is 12.3. The molecule has 0 aliphatic heterocycles. The van der Waals surface area contributed by atoms with Gasteiger partial charge in [-0.1, -0.05) is 109 Å². The van der Waals surface area contributed by atoms with E-state index in [-0.39, 0.29) is 0 Å². The van der Waals surface area contributed by atoms with E-state index in [2.05, 4.69) is 150 Å². The number of benzene rings is 7. The number of fused-ring (bicyclic) bond motifs is 8. The first-order chi connectivity index (χ1) is 21.8. The Morgan fingerprint density at radius 3 is 2.00 bits per heavy atom. The van der Waals surface area contributed by atoms with E-state index in [0.29, 0.717) is 0 Å². The lowest BCUT2D eigenvalue weighted by Gasteiger charge is -2.27. The number of rotatable bonds is 4. The molecule has 44 heavy (non-hydrogen) atoms. The first-order valence-corrected chi connectivity index (χ1v) is 15.7. The summed E-state index contributed by atoms with van der Waals surface area (Å²) in [6.45, 7) is 0. The molecule has 0 N–H and O–H groups in total. The van der Waals surface area contributed by atoms with Crippen LogP contribution < -0.4 is 4.90 Å². The summed E-state index contributed by atoms with van der Waals surface area (Å²) in [6, 6.07) is 54.9. The van der Waals surface area contributed by atoms with E-state index in [9.17, 15) is 0 Å². The molecule has 0 unspecified atom stereocenters. The van der Waals surface area contributed by atoms with E-state index in [4.69, 9.17) is 4.98 Å². The van der Waals surface area contributed by atoms with E-state index in [1.807, 2.05) is 23.6 Å². The molecule has 0 fully saturated rings. The van der Waals surface area contributed by atoms with Crippen LogP contribution in [0.2, 0.25) is 0 Å². The average molecular weight is 579 g/mol. The van der Waals surface area contributed by atoms with Crippen molar-refractivity contribution < 1.29 is 0 Å². The summed E-state index contributed by atoms with van der Waals surface area (Å²) in [7, 11) is 0. The Morgan fingerprint density at radius 1 is 0.455 bits per heavy atom. The van der Waals surface area contributed by atoms with Gasteiger partial charge in [-0.25, -0.2) is 0 Å². The van der Waals surface area contributed by atoms with Gasteiger partial charge in [0.05, 0.1) is 20.6 Å². The van der Waals surface area contributed by atoms with Crippen LogP contribution in [-0.4, -0.2) is 4.98 Å². The normalized spacial score (nSPS) is 11.6. The van der Waals surface area contributed by atoms with E-state index in [0.717, 1.165) is 22.6 Å². The monoisotopic (exact) mass is 578 g/mol. The minimum atomic E-state index is 1.06. The fourth-order valence-electron chi connectivity index (χ4n) is 6.60. The molecule has 206 valence electrons. The van der Waals surface area contributed by atoms with Gasteiger partial charge in [-0.15, -0.1) is 11.3 Å². The van der Waals surface area contributed by atoms with Crippen molar-refractivity contribution in [2.45, 2.75) is 0 Å². The maximum Gasteiger partial charge on any atom is 0.0889 e. The molecule has 3 heteroatoms. The first kappa shape index (κ1) is 25.0. The average Bonchev–Trinajstić information content (AvgIpc) is 3.48. The van der Waals surface area contributed by atoms with E-state index < -0.39 is 0 Å². The Balaban J connectivity index is 1.26. The lowest BCUT2D eigenvalue weighted by atomic mass is 9.96. The number of nitrogens with zero attached hydrogens (tertiary/aromatic N) is 2. The molecule has 0 aliphatic carbocycles. The molecule has 0 saturated carbocycles. The van der Waals surface area contributed by atoms with Crippen LogP contribution >= 0.6 is 11.3 Å². The zero-order valence-corrected chi connectivity index (χ0v) is 24.6. The summed E-state index contributed by atoms with van der Waals surface area (Å²) in [5.74, 6) is 0. The second-order valence-electron chi connectivity index (χ2n) is 11.2. The largest absolute Gasteiger partial charge is 0.309 e. The molecule has 0 bridgehead atoms. The van der Waals surface area contributed by atoms with Gasteiger partial charge in [0.25, 0.3) is 0 Å². The van der Waals surface area contributed by atoms with Crippen molar-refractivity contribution in [3.8, 4) is 11.1 Å². The maximum atomic E-state index is 4.74. The Kier molecular flexibility index (Phi) is 5.71. The summed E-state index contributed by atoms with van der Waals surface area (Å²) < 4.78 is 2.44. The van der Waals surface area contributed by atoms with Crippen LogP contribution in [0.15, 0.2) is 158 Å². The molecule has 2 nitrogen and oxygen atoms in total. The van der Waals surface area contributed by atoms with Crippen LogP contribution in [0.5, 0.6) is 0 Å². The summed E-state index contributed by atoms with van der Waals surface area (Å²) >= 11 is 1.81. The van der Waals surface area contributed by atoms with Gasteiger partial charge in [0.15, 0.2) is 0 Å². The van der Waals surface area contributed by atoms with Gasteiger partial charge < -0.3 is 4.90 Å². The molecule has 7 aromatic carbocycles. The van der Waals surface area contributed by atoms with Crippen molar-refractivity contribution in [1.29, 1.82) is 0 Å². The molecule has 0 saturated heterocycles. The van der Waals surface area contributed by atoms with Gasteiger partial charge in [-0.05, 0) is 85.9 Å². The fraction of sp³-hybridized carbons (Fsp3) is 0. The molecular formula is C41H26N2S. The number of pyridine rings is 1. The highest BCUT2D eigenvalue weighted by Crippen LogP contribution is 2.45. The SMILES string of the molecule is c1ccc(-c2ccc(N(c3ccc4c(ccc5c6ccccc6ccc45)c3)c3cccc4c3sc3cccnc34)cc2)cc1. The van der Waals surface area contributed by atoms with Gasteiger partial charge in [-0.2, -0.15) is 0 Å². The Hall–Kier alpha value is -5.51. The Labute approximate surface area is 259 Å². The minimum Gasteiger partial charge on any atom is -0.309 e. The van der Waals surface area contributed by atoms with Gasteiger partial charge in [0.2, 0.25) is 0 Å². The molecule has 0 atom stereocenters. The molecular weight excluding hydrogens is 553 g/mol. The predicted octanol–water partition coefficient (Wildman–Crippen LogP) is 12.0. The van der Waals surface area contributed by atoms with Gasteiger partial charge in [0.1, 0.15) is 0 Å². The molecule has 0 radical (unpaired) electrons. The standard InChI is InChI=1S/C41H26N2S/c1-2-8-27(9-3-1)28-15-19-31(20-16-28)43(38-13-6-12-37-40-39(44-41(37)38)14-7-25-42-40)32-21-24-34-30(26-32)18-23-35-33-11-5-4-10-29(33)17-22-36(34)35/h1-26H. The van der Waals surface area contributed by atoms with Gasteiger partial charge in [0, 0.05) is 23.0 Å². The van der Waals surface area contributed by atoms with Crippen LogP contribution in [0.3, 0.4) is 0 Å². The van der Waals surface area contributed by atoms with Crippen LogP contribution in [0, 0.1) is 0 Å². The minimum absolute atomic E-state index is 1.06. The topological polar surface area (TPSA) is 16.1 Å². The van der Waals surface area contributed by atoms with Crippen molar-refractivity contribution in [1.82, 2.24) is 4.98 Å². The van der Waals surface area contributed by atoms with Gasteiger partial charge >= 0.3 is 0 Å². The quantitative estimate of drug-likeness (QED) is 0.193. The molecule has 9 aromatic rings. The summed E-state index contributed by atoms with van der Waals surface area (Å²) in [4.78, 5) is 7.14. The van der Waals surface area contributed by atoms with Crippen molar-refractivity contribution in [3.63, 3.8) is 0 Å². The zero-order chi connectivity index (χ0) is 29.0.